The fourth-order valence-corrected chi connectivity index (χ4v) is 3.62. The van der Waals surface area contributed by atoms with Crippen molar-refractivity contribution in [2.24, 2.45) is 17.6 Å². The Morgan fingerprint density at radius 1 is 1.24 bits per heavy atom. The van der Waals surface area contributed by atoms with Crippen LogP contribution in [0.1, 0.15) is 43.7 Å². The summed E-state index contributed by atoms with van der Waals surface area (Å²) in [5.74, 6) is 1.51. The number of amides is 1. The lowest BCUT2D eigenvalue weighted by atomic mass is 9.94. The maximum Gasteiger partial charge on any atom is 0.223 e. The van der Waals surface area contributed by atoms with Crippen LogP contribution < -0.4 is 15.8 Å². The van der Waals surface area contributed by atoms with Gasteiger partial charge in [0.25, 0.3) is 0 Å². The van der Waals surface area contributed by atoms with Crippen LogP contribution >= 0.6 is 0 Å². The molecule has 21 heavy (non-hydrogen) atoms. The molecule has 1 fully saturated rings. The van der Waals surface area contributed by atoms with Crippen LogP contribution in [0.4, 0.5) is 0 Å². The molecule has 1 aliphatic heterocycles. The molecule has 1 saturated carbocycles. The number of carbonyl (C=O) groups is 1. The van der Waals surface area contributed by atoms with Gasteiger partial charge in [-0.3, -0.25) is 4.79 Å². The lowest BCUT2D eigenvalue weighted by molar-refractivity contribution is -0.126. The number of carbonyl (C=O) groups excluding carboxylic acids is 1. The molecule has 1 aromatic rings. The highest BCUT2D eigenvalue weighted by Crippen LogP contribution is 2.34. The highest BCUT2D eigenvalue weighted by atomic mass is 16.5. The van der Waals surface area contributed by atoms with Crippen LogP contribution in [0.2, 0.25) is 0 Å². The first-order chi connectivity index (χ1) is 10.3. The maximum absolute atomic E-state index is 12.6. The third-order valence-electron chi connectivity index (χ3n) is 4.80. The zero-order valence-corrected chi connectivity index (χ0v) is 12.4. The van der Waals surface area contributed by atoms with Crippen LogP contribution in [0, 0.1) is 11.8 Å². The second kappa shape index (κ2) is 6.48. The Morgan fingerprint density at radius 3 is 2.95 bits per heavy atom. The van der Waals surface area contributed by atoms with Gasteiger partial charge in [-0.2, -0.15) is 0 Å². The molecular formula is C17H24N2O2. The van der Waals surface area contributed by atoms with Crippen molar-refractivity contribution in [1.82, 2.24) is 5.32 Å². The SMILES string of the molecule is NC[C@H]1CCC[C@H]1C(=O)NC1CCCOc2ccccc21. The Bertz CT molecular complexity index is 503. The zero-order valence-electron chi connectivity index (χ0n) is 12.4. The van der Waals surface area contributed by atoms with E-state index in [1.165, 1.54) is 0 Å². The fraction of sp³-hybridized carbons (Fsp3) is 0.588. The van der Waals surface area contributed by atoms with Gasteiger partial charge in [0.1, 0.15) is 5.75 Å². The third-order valence-corrected chi connectivity index (χ3v) is 4.80. The molecule has 2 aliphatic rings. The van der Waals surface area contributed by atoms with E-state index in [0.29, 0.717) is 12.5 Å². The monoisotopic (exact) mass is 288 g/mol. The zero-order chi connectivity index (χ0) is 14.7. The molecule has 114 valence electrons. The number of hydrogen-bond donors (Lipinski definition) is 2. The standard InChI is InChI=1S/C17H24N2O2/c18-11-12-5-3-7-13(12)17(20)19-15-8-4-10-21-16-9-2-1-6-14(15)16/h1-2,6,9,12-13,15H,3-5,7-8,10-11,18H2,(H,19,20)/t12-,13-,15?/m1/s1. The first-order valence-corrected chi connectivity index (χ1v) is 8.01. The van der Waals surface area contributed by atoms with Crippen LogP contribution in [0.15, 0.2) is 24.3 Å². The third kappa shape index (κ3) is 3.05. The summed E-state index contributed by atoms with van der Waals surface area (Å²) in [4.78, 5) is 12.6. The van der Waals surface area contributed by atoms with Gasteiger partial charge in [-0.25, -0.2) is 0 Å². The van der Waals surface area contributed by atoms with Crippen LogP contribution in [0.3, 0.4) is 0 Å². The smallest absolute Gasteiger partial charge is 0.223 e. The van der Waals surface area contributed by atoms with E-state index < -0.39 is 0 Å². The first kappa shape index (κ1) is 14.4. The second-order valence-corrected chi connectivity index (χ2v) is 6.12. The molecule has 0 aromatic heterocycles. The number of ether oxygens (including phenoxy) is 1. The predicted molar refractivity (Wildman–Crippen MR) is 81.9 cm³/mol. The van der Waals surface area contributed by atoms with E-state index in [-0.39, 0.29) is 17.9 Å². The summed E-state index contributed by atoms with van der Waals surface area (Å²) in [6, 6.07) is 8.09. The van der Waals surface area contributed by atoms with Crippen LogP contribution in [0.25, 0.3) is 0 Å². The Kier molecular flexibility index (Phi) is 4.44. The van der Waals surface area contributed by atoms with Gasteiger partial charge < -0.3 is 15.8 Å². The molecule has 1 aliphatic carbocycles. The Balaban J connectivity index is 1.73. The number of para-hydroxylation sites is 1. The van der Waals surface area contributed by atoms with E-state index in [1.54, 1.807) is 0 Å². The van der Waals surface area contributed by atoms with E-state index in [2.05, 4.69) is 11.4 Å². The molecule has 3 N–H and O–H groups in total. The molecule has 0 spiro atoms. The van der Waals surface area contributed by atoms with Crippen molar-refractivity contribution in [3.63, 3.8) is 0 Å². The molecule has 0 bridgehead atoms. The van der Waals surface area contributed by atoms with Crippen molar-refractivity contribution in [3.8, 4) is 5.75 Å². The molecule has 4 heteroatoms. The average molecular weight is 288 g/mol. The minimum Gasteiger partial charge on any atom is -0.493 e. The Morgan fingerprint density at radius 2 is 2.10 bits per heavy atom. The van der Waals surface area contributed by atoms with Crippen LogP contribution in [0.5, 0.6) is 5.75 Å². The molecule has 1 heterocycles. The number of nitrogens with one attached hydrogen (secondary N) is 1. The quantitative estimate of drug-likeness (QED) is 0.897. The van der Waals surface area contributed by atoms with Gasteiger partial charge in [0.05, 0.1) is 12.6 Å². The van der Waals surface area contributed by atoms with Crippen LogP contribution in [-0.4, -0.2) is 19.1 Å². The molecule has 1 amide bonds. The molecule has 0 radical (unpaired) electrons. The normalized spacial score (nSPS) is 28.3. The highest BCUT2D eigenvalue weighted by Gasteiger charge is 2.33. The van der Waals surface area contributed by atoms with E-state index >= 15 is 0 Å². The van der Waals surface area contributed by atoms with Gasteiger partial charge in [-0.1, -0.05) is 24.6 Å². The Hall–Kier alpha value is -1.55. The van der Waals surface area contributed by atoms with Crippen LogP contribution in [-0.2, 0) is 4.79 Å². The number of fused-ring (bicyclic) bond motifs is 1. The summed E-state index contributed by atoms with van der Waals surface area (Å²) in [6.07, 6.45) is 5.06. The van der Waals surface area contributed by atoms with Crippen molar-refractivity contribution in [3.05, 3.63) is 29.8 Å². The maximum atomic E-state index is 12.6. The minimum absolute atomic E-state index is 0.0650. The predicted octanol–water partition coefficient (Wildman–Crippen LogP) is 2.39. The minimum atomic E-state index is 0.0650. The van der Waals surface area contributed by atoms with Crippen molar-refractivity contribution in [2.45, 2.75) is 38.1 Å². The largest absolute Gasteiger partial charge is 0.493 e. The Labute approximate surface area is 126 Å². The topological polar surface area (TPSA) is 64.4 Å². The van der Waals surface area contributed by atoms with E-state index in [0.717, 1.165) is 50.0 Å². The summed E-state index contributed by atoms with van der Waals surface area (Å²) < 4.78 is 5.76. The summed E-state index contributed by atoms with van der Waals surface area (Å²) >= 11 is 0. The summed E-state index contributed by atoms with van der Waals surface area (Å²) in [5.41, 5.74) is 6.90. The summed E-state index contributed by atoms with van der Waals surface area (Å²) in [7, 11) is 0. The van der Waals surface area contributed by atoms with Crippen molar-refractivity contribution < 1.29 is 9.53 Å². The van der Waals surface area contributed by atoms with Crippen molar-refractivity contribution in [1.29, 1.82) is 0 Å². The summed E-state index contributed by atoms with van der Waals surface area (Å²) in [6.45, 7) is 1.33. The van der Waals surface area contributed by atoms with Gasteiger partial charge in [0.2, 0.25) is 5.91 Å². The highest BCUT2D eigenvalue weighted by molar-refractivity contribution is 5.80. The molecule has 4 nitrogen and oxygen atoms in total. The molecule has 3 rings (SSSR count). The lowest BCUT2D eigenvalue weighted by Crippen LogP contribution is -2.37. The molecule has 3 atom stereocenters. The number of benzene rings is 1. The van der Waals surface area contributed by atoms with Crippen molar-refractivity contribution in [2.75, 3.05) is 13.2 Å². The lowest BCUT2D eigenvalue weighted by Gasteiger charge is -2.23. The molecular weight excluding hydrogens is 264 g/mol. The van der Waals surface area contributed by atoms with E-state index in [9.17, 15) is 4.79 Å². The van der Waals surface area contributed by atoms with Crippen molar-refractivity contribution >= 4 is 5.91 Å². The van der Waals surface area contributed by atoms with Gasteiger partial charge in [-0.15, -0.1) is 0 Å². The van der Waals surface area contributed by atoms with Gasteiger partial charge >= 0.3 is 0 Å². The fourth-order valence-electron chi connectivity index (χ4n) is 3.62. The molecule has 1 unspecified atom stereocenters. The van der Waals surface area contributed by atoms with E-state index in [4.69, 9.17) is 10.5 Å². The number of nitrogens with two attached hydrogens (primary N) is 1. The van der Waals surface area contributed by atoms with Gasteiger partial charge in [-0.05, 0) is 44.2 Å². The first-order valence-electron chi connectivity index (χ1n) is 8.01. The molecule has 1 aromatic carbocycles. The van der Waals surface area contributed by atoms with E-state index in [1.807, 2.05) is 18.2 Å². The van der Waals surface area contributed by atoms with Gasteiger partial charge in [0, 0.05) is 11.5 Å². The number of hydrogen-bond acceptors (Lipinski definition) is 3. The summed E-state index contributed by atoms with van der Waals surface area (Å²) in [5, 5.41) is 3.25. The number of rotatable bonds is 3. The average Bonchev–Trinajstić information content (AvgIpc) is 2.90. The molecule has 0 saturated heterocycles. The van der Waals surface area contributed by atoms with Gasteiger partial charge in [0.15, 0.2) is 0 Å². The second-order valence-electron chi connectivity index (χ2n) is 6.12.